The Morgan fingerprint density at radius 2 is 1.81 bits per heavy atom. The Balaban J connectivity index is 1.79. The number of hydrogen-bond acceptors (Lipinski definition) is 3. The van der Waals surface area contributed by atoms with Crippen LogP contribution in [0.1, 0.15) is 44.1 Å². The first-order valence-corrected chi connectivity index (χ1v) is 9.52. The normalized spacial score (nSPS) is 24.7. The topological polar surface area (TPSA) is 63.4 Å². The first kappa shape index (κ1) is 14.9. The van der Waals surface area contributed by atoms with E-state index in [4.69, 9.17) is 5.73 Å². The lowest BCUT2D eigenvalue weighted by atomic mass is 9.97. The summed E-state index contributed by atoms with van der Waals surface area (Å²) in [6.07, 6.45) is 6.88. The molecule has 1 aromatic carbocycles. The van der Waals surface area contributed by atoms with E-state index in [0.717, 1.165) is 18.4 Å². The molecule has 1 aromatic rings. The number of hydrogen-bond donors (Lipinski definition) is 1. The third-order valence-corrected chi connectivity index (χ3v) is 6.79. The molecule has 1 saturated heterocycles. The third-order valence-electron chi connectivity index (χ3n) is 4.94. The monoisotopic (exact) mass is 308 g/mol. The Morgan fingerprint density at radius 3 is 2.52 bits per heavy atom. The fraction of sp³-hybridized carbons (Fsp3) is 0.625. The highest BCUT2D eigenvalue weighted by Crippen LogP contribution is 2.37. The van der Waals surface area contributed by atoms with Crippen LogP contribution in [0.3, 0.4) is 0 Å². The lowest BCUT2D eigenvalue weighted by Gasteiger charge is -2.28. The van der Waals surface area contributed by atoms with Gasteiger partial charge >= 0.3 is 0 Å². The van der Waals surface area contributed by atoms with Gasteiger partial charge in [-0.25, -0.2) is 8.42 Å². The van der Waals surface area contributed by atoms with Gasteiger partial charge in [-0.3, -0.25) is 0 Å². The van der Waals surface area contributed by atoms with Crippen LogP contribution in [-0.4, -0.2) is 25.3 Å². The minimum atomic E-state index is -3.27. The van der Waals surface area contributed by atoms with Crippen LogP contribution in [-0.2, 0) is 15.8 Å². The van der Waals surface area contributed by atoms with Gasteiger partial charge in [-0.15, -0.1) is 0 Å². The van der Waals surface area contributed by atoms with Gasteiger partial charge in [0.25, 0.3) is 0 Å². The van der Waals surface area contributed by atoms with Gasteiger partial charge in [0, 0.05) is 18.3 Å². The smallest absolute Gasteiger partial charge is 0.218 e. The molecule has 2 aliphatic rings. The summed E-state index contributed by atoms with van der Waals surface area (Å²) in [5, 5.41) is 0. The van der Waals surface area contributed by atoms with Gasteiger partial charge in [0.2, 0.25) is 10.0 Å². The summed E-state index contributed by atoms with van der Waals surface area (Å²) < 4.78 is 27.4. The van der Waals surface area contributed by atoms with Gasteiger partial charge < -0.3 is 5.73 Å². The standard InChI is InChI=1S/C16H24N2O2S/c17-15-9-4-3-8-14(15)12-21(19,20)18-11-5-10-16(18)13-6-1-2-7-13/h3-4,8-9,13,16H,1-2,5-7,10-12,17H2. The third kappa shape index (κ3) is 3.09. The number of anilines is 1. The molecule has 1 aliphatic heterocycles. The van der Waals surface area contributed by atoms with Crippen molar-refractivity contribution < 1.29 is 8.42 Å². The number of nitrogen functional groups attached to an aromatic ring is 1. The first-order chi connectivity index (χ1) is 10.1. The highest BCUT2D eigenvalue weighted by atomic mass is 32.2. The first-order valence-electron chi connectivity index (χ1n) is 7.91. The van der Waals surface area contributed by atoms with Crippen LogP contribution >= 0.6 is 0 Å². The van der Waals surface area contributed by atoms with Crippen LogP contribution in [0.15, 0.2) is 24.3 Å². The summed E-state index contributed by atoms with van der Waals surface area (Å²) >= 11 is 0. The van der Waals surface area contributed by atoms with Crippen LogP contribution in [0.2, 0.25) is 0 Å². The Labute approximate surface area is 127 Å². The molecule has 0 bridgehead atoms. The molecule has 116 valence electrons. The molecule has 5 heteroatoms. The largest absolute Gasteiger partial charge is 0.398 e. The van der Waals surface area contributed by atoms with E-state index in [1.165, 1.54) is 25.7 Å². The van der Waals surface area contributed by atoms with E-state index in [-0.39, 0.29) is 11.8 Å². The van der Waals surface area contributed by atoms with Crippen LogP contribution in [0.4, 0.5) is 5.69 Å². The zero-order chi connectivity index (χ0) is 14.9. The summed E-state index contributed by atoms with van der Waals surface area (Å²) in [6, 6.07) is 7.49. The van der Waals surface area contributed by atoms with Crippen molar-refractivity contribution >= 4 is 15.7 Å². The average molecular weight is 308 g/mol. The van der Waals surface area contributed by atoms with Crippen molar-refractivity contribution in [2.45, 2.75) is 50.3 Å². The molecular formula is C16H24N2O2S. The van der Waals surface area contributed by atoms with E-state index in [1.807, 2.05) is 18.2 Å². The number of nitrogens with zero attached hydrogens (tertiary/aromatic N) is 1. The van der Waals surface area contributed by atoms with Gasteiger partial charge in [-0.1, -0.05) is 31.0 Å². The molecule has 0 aromatic heterocycles. The Hall–Kier alpha value is -1.07. The Bertz CT molecular complexity index is 594. The highest BCUT2D eigenvalue weighted by molar-refractivity contribution is 7.88. The summed E-state index contributed by atoms with van der Waals surface area (Å²) in [5.41, 5.74) is 7.18. The minimum absolute atomic E-state index is 0.0306. The zero-order valence-electron chi connectivity index (χ0n) is 12.4. The molecule has 1 saturated carbocycles. The van der Waals surface area contributed by atoms with Crippen molar-refractivity contribution in [3.63, 3.8) is 0 Å². The van der Waals surface area contributed by atoms with Crippen LogP contribution in [0, 0.1) is 5.92 Å². The molecule has 21 heavy (non-hydrogen) atoms. The second-order valence-electron chi connectivity index (χ2n) is 6.32. The maximum Gasteiger partial charge on any atom is 0.218 e. The fourth-order valence-corrected chi connectivity index (χ4v) is 5.79. The van der Waals surface area contributed by atoms with Crippen LogP contribution in [0.5, 0.6) is 0 Å². The van der Waals surface area contributed by atoms with E-state index in [9.17, 15) is 8.42 Å². The SMILES string of the molecule is Nc1ccccc1CS(=O)(=O)N1CCCC1C1CCCC1. The maximum atomic E-state index is 12.8. The lowest BCUT2D eigenvalue weighted by Crippen LogP contribution is -2.40. The van der Waals surface area contributed by atoms with E-state index in [2.05, 4.69) is 0 Å². The Morgan fingerprint density at radius 1 is 1.10 bits per heavy atom. The molecule has 1 heterocycles. The van der Waals surface area contributed by atoms with Gasteiger partial charge in [0.05, 0.1) is 5.75 Å². The van der Waals surface area contributed by atoms with Gasteiger partial charge in [0.15, 0.2) is 0 Å². The second-order valence-corrected chi connectivity index (χ2v) is 8.24. The predicted molar refractivity (Wildman–Crippen MR) is 85.2 cm³/mol. The number of benzene rings is 1. The van der Waals surface area contributed by atoms with E-state index in [0.29, 0.717) is 18.2 Å². The van der Waals surface area contributed by atoms with Crippen molar-refractivity contribution in [3.05, 3.63) is 29.8 Å². The highest BCUT2D eigenvalue weighted by Gasteiger charge is 2.39. The van der Waals surface area contributed by atoms with E-state index < -0.39 is 10.0 Å². The molecular weight excluding hydrogens is 284 g/mol. The molecule has 2 fully saturated rings. The molecule has 1 aliphatic carbocycles. The van der Waals surface area contributed by atoms with Gasteiger partial charge in [-0.2, -0.15) is 4.31 Å². The zero-order valence-corrected chi connectivity index (χ0v) is 13.2. The number of nitrogens with two attached hydrogens (primary N) is 1. The van der Waals surface area contributed by atoms with E-state index in [1.54, 1.807) is 10.4 Å². The molecule has 0 spiro atoms. The predicted octanol–water partition coefficient (Wildman–Crippen LogP) is 2.75. The van der Waals surface area contributed by atoms with E-state index >= 15 is 0 Å². The van der Waals surface area contributed by atoms with Gasteiger partial charge in [-0.05, 0) is 43.2 Å². The summed E-state index contributed by atoms with van der Waals surface area (Å²) in [7, 11) is -3.27. The Kier molecular flexibility index (Phi) is 4.22. The molecule has 0 radical (unpaired) electrons. The average Bonchev–Trinajstić information content (AvgIpc) is 3.11. The second kappa shape index (κ2) is 5.97. The number of para-hydroxylation sites is 1. The fourth-order valence-electron chi connectivity index (χ4n) is 3.87. The number of rotatable bonds is 4. The molecule has 0 amide bonds. The van der Waals surface area contributed by atoms with Crippen molar-refractivity contribution in [2.75, 3.05) is 12.3 Å². The van der Waals surface area contributed by atoms with Crippen molar-refractivity contribution in [3.8, 4) is 0 Å². The summed E-state index contributed by atoms with van der Waals surface area (Å²) in [6.45, 7) is 0.677. The van der Waals surface area contributed by atoms with Crippen molar-refractivity contribution in [2.24, 2.45) is 5.92 Å². The number of sulfonamides is 1. The lowest BCUT2D eigenvalue weighted by molar-refractivity contribution is 0.288. The molecule has 1 unspecified atom stereocenters. The molecule has 2 N–H and O–H groups in total. The summed E-state index contributed by atoms with van der Waals surface area (Å²) in [5.74, 6) is 0.596. The quantitative estimate of drug-likeness (QED) is 0.870. The van der Waals surface area contributed by atoms with Crippen LogP contribution < -0.4 is 5.73 Å². The van der Waals surface area contributed by atoms with Crippen molar-refractivity contribution in [1.29, 1.82) is 0 Å². The minimum Gasteiger partial charge on any atom is -0.398 e. The molecule has 3 rings (SSSR count). The van der Waals surface area contributed by atoms with Gasteiger partial charge in [0.1, 0.15) is 0 Å². The molecule has 4 nitrogen and oxygen atoms in total. The van der Waals surface area contributed by atoms with Crippen molar-refractivity contribution in [1.82, 2.24) is 4.31 Å². The summed E-state index contributed by atoms with van der Waals surface area (Å²) in [4.78, 5) is 0. The molecule has 1 atom stereocenters. The van der Waals surface area contributed by atoms with Crippen LogP contribution in [0.25, 0.3) is 0 Å². The maximum absolute atomic E-state index is 12.8.